The zero-order valence-corrected chi connectivity index (χ0v) is 21.4. The van der Waals surface area contributed by atoms with Gasteiger partial charge in [-0.1, -0.05) is 24.3 Å². The van der Waals surface area contributed by atoms with Crippen molar-refractivity contribution < 1.29 is 14.3 Å². The smallest absolute Gasteiger partial charge is 0.255 e. The van der Waals surface area contributed by atoms with E-state index >= 15 is 0 Å². The van der Waals surface area contributed by atoms with Gasteiger partial charge < -0.3 is 19.7 Å². The topological polar surface area (TPSA) is 66.9 Å². The molecule has 1 fully saturated rings. The predicted octanol–water partition coefficient (Wildman–Crippen LogP) is 4.93. The van der Waals surface area contributed by atoms with Crippen LogP contribution >= 0.6 is 11.5 Å². The van der Waals surface area contributed by atoms with Crippen molar-refractivity contribution in [3.05, 3.63) is 77.9 Å². The lowest BCUT2D eigenvalue weighted by Gasteiger charge is -2.35. The minimum absolute atomic E-state index is 0.203. The minimum atomic E-state index is -0.203. The minimum Gasteiger partial charge on any atom is -0.497 e. The molecule has 186 valence electrons. The van der Waals surface area contributed by atoms with Gasteiger partial charge in [-0.25, -0.2) is 0 Å². The summed E-state index contributed by atoms with van der Waals surface area (Å²) in [5, 5.41) is 4.21. The molecule has 7 nitrogen and oxygen atoms in total. The molecule has 8 heteroatoms. The van der Waals surface area contributed by atoms with Crippen LogP contribution in [-0.4, -0.2) is 62.1 Å². The van der Waals surface area contributed by atoms with E-state index in [0.717, 1.165) is 50.6 Å². The number of anilines is 2. The maximum absolute atomic E-state index is 12.7. The lowest BCUT2D eigenvalue weighted by molar-refractivity contribution is 0.102. The number of piperazine rings is 1. The quantitative estimate of drug-likeness (QED) is 0.369. The molecule has 0 unspecified atom stereocenters. The fraction of sp³-hybridized carbons (Fsp3) is 0.286. The van der Waals surface area contributed by atoms with Gasteiger partial charge >= 0.3 is 0 Å². The van der Waals surface area contributed by atoms with Gasteiger partial charge in [0.2, 0.25) is 0 Å². The molecule has 1 aliphatic heterocycles. The van der Waals surface area contributed by atoms with Crippen molar-refractivity contribution in [3.8, 4) is 11.5 Å². The summed E-state index contributed by atoms with van der Waals surface area (Å²) in [4.78, 5) is 17.6. The van der Waals surface area contributed by atoms with Crippen LogP contribution in [0.3, 0.4) is 0 Å². The zero-order valence-electron chi connectivity index (χ0n) is 20.6. The standard InChI is InChI=1S/C28H30N4O3S/c1-34-23-17-21(18-24(19-23)35-2)28(33)29-22-9-7-20(8-10-22)11-12-31-13-15-32(16-14-31)27-25-5-3-4-6-26(25)36-30-27/h3-10,17-19H,11-16H2,1-2H3,(H,29,33). The average molecular weight is 503 g/mol. The largest absolute Gasteiger partial charge is 0.497 e. The molecule has 1 aromatic heterocycles. The molecule has 0 atom stereocenters. The van der Waals surface area contributed by atoms with E-state index in [4.69, 9.17) is 13.8 Å². The molecule has 36 heavy (non-hydrogen) atoms. The lowest BCUT2D eigenvalue weighted by atomic mass is 10.1. The van der Waals surface area contributed by atoms with Gasteiger partial charge in [-0.3, -0.25) is 9.69 Å². The summed E-state index contributed by atoms with van der Waals surface area (Å²) in [6.07, 6.45) is 0.973. The number of aromatic nitrogens is 1. The number of methoxy groups -OCH3 is 2. The van der Waals surface area contributed by atoms with Crippen molar-refractivity contribution in [3.63, 3.8) is 0 Å². The summed E-state index contributed by atoms with van der Waals surface area (Å²) < 4.78 is 16.5. The molecule has 1 aliphatic rings. The average Bonchev–Trinajstić information content (AvgIpc) is 3.37. The van der Waals surface area contributed by atoms with Crippen LogP contribution in [0.1, 0.15) is 15.9 Å². The number of amides is 1. The number of hydrogen-bond acceptors (Lipinski definition) is 7. The first-order valence-corrected chi connectivity index (χ1v) is 12.9. The second-order valence-corrected chi connectivity index (χ2v) is 9.64. The number of nitrogens with one attached hydrogen (secondary N) is 1. The fourth-order valence-corrected chi connectivity index (χ4v) is 5.26. The van der Waals surface area contributed by atoms with Crippen molar-refractivity contribution in [1.82, 2.24) is 9.27 Å². The highest BCUT2D eigenvalue weighted by Crippen LogP contribution is 2.30. The molecule has 5 rings (SSSR count). The van der Waals surface area contributed by atoms with Crippen molar-refractivity contribution in [2.45, 2.75) is 6.42 Å². The predicted molar refractivity (Wildman–Crippen MR) is 146 cm³/mol. The zero-order chi connectivity index (χ0) is 24.9. The highest BCUT2D eigenvalue weighted by Gasteiger charge is 2.20. The number of carbonyl (C=O) groups is 1. The molecule has 3 aromatic carbocycles. The normalized spacial score (nSPS) is 14.1. The summed E-state index contributed by atoms with van der Waals surface area (Å²) in [6.45, 7) is 5.07. The second-order valence-electron chi connectivity index (χ2n) is 8.83. The maximum atomic E-state index is 12.7. The Morgan fingerprint density at radius 2 is 1.64 bits per heavy atom. The summed E-state index contributed by atoms with van der Waals surface area (Å²) >= 11 is 1.58. The van der Waals surface area contributed by atoms with Crippen LogP contribution in [0.15, 0.2) is 66.7 Å². The third-order valence-corrected chi connectivity index (χ3v) is 7.39. The van der Waals surface area contributed by atoms with Crippen LogP contribution in [0.5, 0.6) is 11.5 Å². The van der Waals surface area contributed by atoms with Gasteiger partial charge in [0.05, 0.1) is 18.9 Å². The molecule has 0 radical (unpaired) electrons. The van der Waals surface area contributed by atoms with Gasteiger partial charge in [0.1, 0.15) is 17.3 Å². The van der Waals surface area contributed by atoms with Crippen molar-refractivity contribution in [2.24, 2.45) is 0 Å². The van der Waals surface area contributed by atoms with Crippen molar-refractivity contribution in [1.29, 1.82) is 0 Å². The molecule has 0 bridgehead atoms. The Kier molecular flexibility index (Phi) is 7.34. The maximum Gasteiger partial charge on any atom is 0.255 e. The number of rotatable bonds is 8. The number of benzene rings is 3. The van der Waals surface area contributed by atoms with E-state index in [1.165, 1.54) is 15.6 Å². The molecule has 0 aliphatic carbocycles. The Balaban J connectivity index is 1.12. The van der Waals surface area contributed by atoms with E-state index in [2.05, 4.69) is 51.5 Å². The van der Waals surface area contributed by atoms with Gasteiger partial charge in [0.15, 0.2) is 0 Å². The van der Waals surface area contributed by atoms with E-state index in [9.17, 15) is 4.79 Å². The summed E-state index contributed by atoms with van der Waals surface area (Å²) in [5.41, 5.74) is 2.50. The van der Waals surface area contributed by atoms with Crippen molar-refractivity contribution in [2.75, 3.05) is 57.2 Å². The first-order valence-electron chi connectivity index (χ1n) is 12.1. The Bertz CT molecular complexity index is 1310. The van der Waals surface area contributed by atoms with Crippen molar-refractivity contribution >= 4 is 39.0 Å². The highest BCUT2D eigenvalue weighted by atomic mass is 32.1. The number of nitrogens with zero attached hydrogens (tertiary/aromatic N) is 3. The SMILES string of the molecule is COc1cc(OC)cc(C(=O)Nc2ccc(CCN3CCN(c4nsc5ccccc45)CC3)cc2)c1. The third-order valence-electron chi connectivity index (χ3n) is 6.57. The highest BCUT2D eigenvalue weighted by molar-refractivity contribution is 7.13. The summed E-state index contributed by atoms with van der Waals surface area (Å²) in [7, 11) is 3.13. The third kappa shape index (κ3) is 5.45. The number of fused-ring (bicyclic) bond motifs is 1. The molecule has 1 amide bonds. The van der Waals surface area contributed by atoms with E-state index < -0.39 is 0 Å². The van der Waals surface area contributed by atoms with Gasteiger partial charge in [-0.15, -0.1) is 0 Å². The van der Waals surface area contributed by atoms with E-state index in [1.54, 1.807) is 44.0 Å². The van der Waals surface area contributed by atoms with E-state index in [-0.39, 0.29) is 5.91 Å². The number of carbonyl (C=O) groups excluding carboxylic acids is 1. The second kappa shape index (κ2) is 11.0. The summed E-state index contributed by atoms with van der Waals surface area (Å²) in [6, 6.07) is 21.7. The van der Waals surface area contributed by atoms with E-state index in [1.807, 2.05) is 12.1 Å². The molecule has 0 saturated carbocycles. The first-order chi connectivity index (χ1) is 17.6. The molecular formula is C28H30N4O3S. The van der Waals surface area contributed by atoms with Gasteiger partial charge in [0.25, 0.3) is 5.91 Å². The Labute approximate surface area is 215 Å². The monoisotopic (exact) mass is 502 g/mol. The molecule has 2 heterocycles. The van der Waals surface area contributed by atoms with Crippen LogP contribution in [0.2, 0.25) is 0 Å². The van der Waals surface area contributed by atoms with Gasteiger partial charge in [-0.05, 0) is 59.9 Å². The Morgan fingerprint density at radius 3 is 2.33 bits per heavy atom. The van der Waals surface area contributed by atoms with Crippen LogP contribution in [-0.2, 0) is 6.42 Å². The molecule has 1 N–H and O–H groups in total. The molecule has 0 spiro atoms. The fourth-order valence-electron chi connectivity index (χ4n) is 4.47. The van der Waals surface area contributed by atoms with Crippen LogP contribution < -0.4 is 19.7 Å². The number of hydrogen-bond donors (Lipinski definition) is 1. The van der Waals surface area contributed by atoms with Crippen LogP contribution in [0, 0.1) is 0 Å². The molecular weight excluding hydrogens is 472 g/mol. The van der Waals surface area contributed by atoms with Gasteiger partial charge in [-0.2, -0.15) is 4.37 Å². The van der Waals surface area contributed by atoms with Crippen LogP contribution in [0.25, 0.3) is 10.1 Å². The molecule has 1 saturated heterocycles. The van der Waals surface area contributed by atoms with E-state index in [0.29, 0.717) is 17.1 Å². The Hall–Kier alpha value is -3.62. The lowest BCUT2D eigenvalue weighted by Crippen LogP contribution is -2.47. The summed E-state index contributed by atoms with van der Waals surface area (Å²) in [5.74, 6) is 2.08. The first kappa shape index (κ1) is 24.1. The van der Waals surface area contributed by atoms with Crippen LogP contribution in [0.4, 0.5) is 11.5 Å². The number of ether oxygens (including phenoxy) is 2. The Morgan fingerprint density at radius 1 is 0.944 bits per heavy atom. The molecule has 4 aromatic rings. The van der Waals surface area contributed by atoms with Gasteiger partial charge in [0, 0.05) is 55.4 Å².